The lowest BCUT2D eigenvalue weighted by molar-refractivity contribution is 0.0670. The highest BCUT2D eigenvalue weighted by Crippen LogP contribution is 2.29. The van der Waals surface area contributed by atoms with E-state index in [0.717, 1.165) is 18.8 Å². The summed E-state index contributed by atoms with van der Waals surface area (Å²) in [6.07, 6.45) is 7.48. The predicted molar refractivity (Wildman–Crippen MR) is 76.8 cm³/mol. The molecule has 1 aromatic rings. The zero-order chi connectivity index (χ0) is 13.8. The van der Waals surface area contributed by atoms with Gasteiger partial charge in [-0.15, -0.1) is 0 Å². The van der Waals surface area contributed by atoms with Gasteiger partial charge in [0.2, 0.25) is 0 Å². The molecule has 1 aromatic heterocycles. The number of amides is 1. The van der Waals surface area contributed by atoms with Crippen LogP contribution >= 0.6 is 0 Å². The van der Waals surface area contributed by atoms with Crippen LogP contribution in [0, 0.1) is 5.92 Å². The summed E-state index contributed by atoms with van der Waals surface area (Å²) in [5.74, 6) is 0.776. The second-order valence-corrected chi connectivity index (χ2v) is 5.44. The molecule has 2 N–H and O–H groups in total. The number of hydrogen-bond acceptors (Lipinski definition) is 3. The maximum Gasteiger partial charge on any atom is 0.274 e. The molecular formula is C15H23N3O. The Kier molecular flexibility index (Phi) is 4.40. The van der Waals surface area contributed by atoms with Gasteiger partial charge >= 0.3 is 0 Å². The third-order valence-corrected chi connectivity index (χ3v) is 4.30. The minimum Gasteiger partial charge on any atom is -0.397 e. The Morgan fingerprint density at radius 1 is 1.42 bits per heavy atom. The molecule has 1 saturated carbocycles. The smallest absolute Gasteiger partial charge is 0.274 e. The van der Waals surface area contributed by atoms with E-state index in [0.29, 0.717) is 17.4 Å². The first-order valence-corrected chi connectivity index (χ1v) is 7.11. The van der Waals surface area contributed by atoms with E-state index in [9.17, 15) is 4.79 Å². The highest BCUT2D eigenvalue weighted by atomic mass is 16.2. The van der Waals surface area contributed by atoms with Crippen LogP contribution in [-0.2, 0) is 0 Å². The summed E-state index contributed by atoms with van der Waals surface area (Å²) in [6, 6.07) is 3.80. The van der Waals surface area contributed by atoms with Gasteiger partial charge in [-0.05, 0) is 43.7 Å². The third-order valence-electron chi connectivity index (χ3n) is 4.30. The Balaban J connectivity index is 2.02. The topological polar surface area (TPSA) is 59.2 Å². The summed E-state index contributed by atoms with van der Waals surface area (Å²) in [5, 5.41) is 0. The fourth-order valence-electron chi connectivity index (χ4n) is 2.87. The minimum atomic E-state index is -0.0574. The Bertz CT molecular complexity index is 439. The van der Waals surface area contributed by atoms with E-state index in [1.807, 2.05) is 11.9 Å². The molecule has 0 saturated heterocycles. The Morgan fingerprint density at radius 3 is 2.68 bits per heavy atom. The van der Waals surface area contributed by atoms with E-state index >= 15 is 0 Å². The number of carbonyl (C=O) groups excluding carboxylic acids is 1. The fourth-order valence-corrected chi connectivity index (χ4v) is 2.87. The van der Waals surface area contributed by atoms with Gasteiger partial charge in [-0.1, -0.05) is 13.3 Å². The molecule has 1 aliphatic rings. The van der Waals surface area contributed by atoms with Gasteiger partial charge in [0.15, 0.2) is 5.69 Å². The first-order valence-electron chi connectivity index (χ1n) is 7.11. The molecule has 1 amide bonds. The van der Waals surface area contributed by atoms with Crippen molar-refractivity contribution >= 4 is 11.6 Å². The van der Waals surface area contributed by atoms with Crippen LogP contribution < -0.4 is 5.73 Å². The second kappa shape index (κ2) is 6.04. The number of aromatic nitrogens is 1. The normalized spacial score (nSPS) is 23.1. The fraction of sp³-hybridized carbons (Fsp3) is 0.600. The summed E-state index contributed by atoms with van der Waals surface area (Å²) in [4.78, 5) is 18.3. The van der Waals surface area contributed by atoms with Crippen LogP contribution in [0.25, 0.3) is 0 Å². The molecule has 0 aromatic carbocycles. The molecule has 0 radical (unpaired) electrons. The first-order chi connectivity index (χ1) is 9.13. The molecule has 0 unspecified atom stereocenters. The third kappa shape index (κ3) is 3.06. The minimum absolute atomic E-state index is 0.0574. The number of carbonyl (C=O) groups is 1. The van der Waals surface area contributed by atoms with Crippen molar-refractivity contribution in [3.63, 3.8) is 0 Å². The number of nitrogens with zero attached hydrogens (tertiary/aromatic N) is 2. The largest absolute Gasteiger partial charge is 0.397 e. The summed E-state index contributed by atoms with van der Waals surface area (Å²) in [6.45, 7) is 2.24. The maximum atomic E-state index is 12.4. The molecule has 0 atom stereocenters. The molecule has 2 rings (SSSR count). The van der Waals surface area contributed by atoms with Crippen molar-refractivity contribution in [3.05, 3.63) is 24.0 Å². The van der Waals surface area contributed by atoms with Crippen molar-refractivity contribution in [1.29, 1.82) is 0 Å². The van der Waals surface area contributed by atoms with E-state index in [4.69, 9.17) is 5.73 Å². The summed E-state index contributed by atoms with van der Waals surface area (Å²) in [5.41, 5.74) is 6.66. The van der Waals surface area contributed by atoms with Gasteiger partial charge in [0.05, 0.1) is 5.69 Å². The number of pyridine rings is 1. The monoisotopic (exact) mass is 261 g/mol. The summed E-state index contributed by atoms with van der Waals surface area (Å²) < 4.78 is 0. The van der Waals surface area contributed by atoms with Gasteiger partial charge in [0.1, 0.15) is 0 Å². The highest BCUT2D eigenvalue weighted by molar-refractivity contribution is 5.97. The van der Waals surface area contributed by atoms with Crippen LogP contribution in [0.4, 0.5) is 5.69 Å². The van der Waals surface area contributed by atoms with Crippen molar-refractivity contribution in [2.24, 2.45) is 5.92 Å². The van der Waals surface area contributed by atoms with Crippen LogP contribution in [0.5, 0.6) is 0 Å². The molecule has 0 spiro atoms. The van der Waals surface area contributed by atoms with Crippen LogP contribution in [0.3, 0.4) is 0 Å². The Labute approximate surface area is 115 Å². The zero-order valence-electron chi connectivity index (χ0n) is 11.8. The number of nitrogens with two attached hydrogens (primary N) is 1. The number of anilines is 1. The molecule has 4 heteroatoms. The lowest BCUT2D eigenvalue weighted by Gasteiger charge is -2.34. The van der Waals surface area contributed by atoms with Gasteiger partial charge in [-0.3, -0.25) is 4.79 Å². The van der Waals surface area contributed by atoms with Crippen LogP contribution in [0.2, 0.25) is 0 Å². The Morgan fingerprint density at radius 2 is 2.11 bits per heavy atom. The van der Waals surface area contributed by atoms with Gasteiger partial charge in [-0.2, -0.15) is 0 Å². The quantitative estimate of drug-likeness (QED) is 0.910. The van der Waals surface area contributed by atoms with E-state index < -0.39 is 0 Å². The average molecular weight is 261 g/mol. The van der Waals surface area contributed by atoms with Gasteiger partial charge in [0.25, 0.3) is 5.91 Å². The molecule has 19 heavy (non-hydrogen) atoms. The van der Waals surface area contributed by atoms with Crippen molar-refractivity contribution in [2.75, 3.05) is 12.8 Å². The number of nitrogen functional groups attached to an aromatic ring is 1. The standard InChI is InChI=1S/C15H23N3O/c1-3-11-6-8-12(9-7-11)18(2)15(19)14-13(16)5-4-10-17-14/h4-5,10-12H,3,6-9,16H2,1-2H3. The van der Waals surface area contributed by atoms with Crippen LogP contribution in [0.15, 0.2) is 18.3 Å². The molecule has 0 aliphatic heterocycles. The molecule has 1 heterocycles. The van der Waals surface area contributed by atoms with Crippen molar-refractivity contribution in [2.45, 2.75) is 45.1 Å². The maximum absolute atomic E-state index is 12.4. The first kappa shape index (κ1) is 13.8. The molecule has 4 nitrogen and oxygen atoms in total. The average Bonchev–Trinajstić information content (AvgIpc) is 2.46. The predicted octanol–water partition coefficient (Wildman–Crippen LogP) is 2.70. The number of rotatable bonds is 3. The molecule has 1 aliphatic carbocycles. The van der Waals surface area contributed by atoms with E-state index in [1.54, 1.807) is 18.3 Å². The highest BCUT2D eigenvalue weighted by Gasteiger charge is 2.27. The van der Waals surface area contributed by atoms with E-state index in [2.05, 4.69) is 11.9 Å². The van der Waals surface area contributed by atoms with Gasteiger partial charge in [0, 0.05) is 19.3 Å². The van der Waals surface area contributed by atoms with E-state index in [1.165, 1.54) is 19.3 Å². The molecule has 0 bridgehead atoms. The van der Waals surface area contributed by atoms with Gasteiger partial charge in [-0.25, -0.2) is 4.98 Å². The second-order valence-electron chi connectivity index (χ2n) is 5.44. The van der Waals surface area contributed by atoms with Gasteiger partial charge < -0.3 is 10.6 Å². The molecule has 1 fully saturated rings. The zero-order valence-corrected chi connectivity index (χ0v) is 11.8. The Hall–Kier alpha value is -1.58. The lowest BCUT2D eigenvalue weighted by atomic mass is 9.84. The number of hydrogen-bond donors (Lipinski definition) is 1. The van der Waals surface area contributed by atoms with Crippen molar-refractivity contribution in [1.82, 2.24) is 9.88 Å². The summed E-state index contributed by atoms with van der Waals surface area (Å²) >= 11 is 0. The SMILES string of the molecule is CCC1CCC(N(C)C(=O)c2ncccc2N)CC1. The van der Waals surface area contributed by atoms with Crippen LogP contribution in [-0.4, -0.2) is 28.9 Å². The van der Waals surface area contributed by atoms with Crippen molar-refractivity contribution < 1.29 is 4.79 Å². The van der Waals surface area contributed by atoms with Crippen LogP contribution in [0.1, 0.15) is 49.5 Å². The summed E-state index contributed by atoms with van der Waals surface area (Å²) in [7, 11) is 1.87. The molecule has 104 valence electrons. The lowest BCUT2D eigenvalue weighted by Crippen LogP contribution is -2.40. The molecular weight excluding hydrogens is 238 g/mol. The van der Waals surface area contributed by atoms with E-state index in [-0.39, 0.29) is 5.91 Å². The van der Waals surface area contributed by atoms with Crippen molar-refractivity contribution in [3.8, 4) is 0 Å².